The molecule has 1 unspecified atom stereocenters. The highest BCUT2D eigenvalue weighted by Gasteiger charge is 2.27. The second-order valence-corrected chi connectivity index (χ2v) is 5.20. The third-order valence-corrected chi connectivity index (χ3v) is 3.92. The van der Waals surface area contributed by atoms with Gasteiger partial charge in [-0.05, 0) is 17.5 Å². The number of methoxy groups -OCH3 is 1. The van der Waals surface area contributed by atoms with Crippen LogP contribution in [0.5, 0.6) is 5.75 Å². The summed E-state index contributed by atoms with van der Waals surface area (Å²) in [7, 11) is 1.72. The van der Waals surface area contributed by atoms with Crippen molar-refractivity contribution in [3.05, 3.63) is 47.3 Å². The fourth-order valence-electron chi connectivity index (χ4n) is 3.02. The second kappa shape index (κ2) is 5.67. The summed E-state index contributed by atoms with van der Waals surface area (Å²) in [6.45, 7) is 4.97. The third kappa shape index (κ3) is 2.20. The van der Waals surface area contributed by atoms with Crippen molar-refractivity contribution >= 4 is 0 Å². The normalized spacial score (nSPS) is 17.8. The molecular formula is C16H21N3O. The van der Waals surface area contributed by atoms with E-state index in [1.807, 2.05) is 6.20 Å². The lowest BCUT2D eigenvalue weighted by atomic mass is 9.88. The average molecular weight is 271 g/mol. The Bertz CT molecular complexity index is 591. The van der Waals surface area contributed by atoms with E-state index < -0.39 is 0 Å². The summed E-state index contributed by atoms with van der Waals surface area (Å²) in [4.78, 5) is 0. The summed E-state index contributed by atoms with van der Waals surface area (Å²) in [5.74, 6) is 1.20. The van der Waals surface area contributed by atoms with Gasteiger partial charge in [-0.2, -0.15) is 5.10 Å². The SMILES string of the molecule is CCCn1ncc(OC)c1C1CNCc2ccccc21. The van der Waals surface area contributed by atoms with Crippen molar-refractivity contribution in [2.45, 2.75) is 32.4 Å². The molecule has 1 aromatic heterocycles. The summed E-state index contributed by atoms with van der Waals surface area (Å²) in [6, 6.07) is 8.64. The first-order chi connectivity index (χ1) is 9.85. The molecule has 2 heterocycles. The van der Waals surface area contributed by atoms with Crippen LogP contribution in [-0.4, -0.2) is 23.4 Å². The molecule has 0 bridgehead atoms. The molecule has 0 fully saturated rings. The topological polar surface area (TPSA) is 39.1 Å². The molecule has 1 aliphatic heterocycles. The lowest BCUT2D eigenvalue weighted by Gasteiger charge is -2.27. The minimum atomic E-state index is 0.309. The van der Waals surface area contributed by atoms with Gasteiger partial charge in [-0.25, -0.2) is 0 Å². The van der Waals surface area contributed by atoms with E-state index in [-0.39, 0.29) is 0 Å². The standard InChI is InChI=1S/C16H21N3O/c1-3-8-19-16(15(20-2)11-18-19)14-10-17-9-12-6-4-5-7-13(12)14/h4-7,11,14,17H,3,8-10H2,1-2H3. The molecule has 0 aliphatic carbocycles. The number of aryl methyl sites for hydroxylation is 1. The number of hydrogen-bond donors (Lipinski definition) is 1. The highest BCUT2D eigenvalue weighted by Crippen LogP contribution is 2.35. The molecule has 106 valence electrons. The smallest absolute Gasteiger partial charge is 0.160 e. The van der Waals surface area contributed by atoms with Gasteiger partial charge in [-0.15, -0.1) is 0 Å². The summed E-state index contributed by atoms with van der Waals surface area (Å²) in [5.41, 5.74) is 3.95. The van der Waals surface area contributed by atoms with Crippen LogP contribution in [0.3, 0.4) is 0 Å². The van der Waals surface area contributed by atoms with E-state index in [9.17, 15) is 0 Å². The van der Waals surface area contributed by atoms with E-state index >= 15 is 0 Å². The molecule has 0 amide bonds. The van der Waals surface area contributed by atoms with Crippen LogP contribution in [0.15, 0.2) is 30.5 Å². The number of fused-ring (bicyclic) bond motifs is 1. The number of nitrogens with one attached hydrogen (secondary N) is 1. The van der Waals surface area contributed by atoms with Gasteiger partial charge in [0.2, 0.25) is 0 Å². The predicted molar refractivity (Wildman–Crippen MR) is 79.1 cm³/mol. The monoisotopic (exact) mass is 271 g/mol. The molecule has 0 saturated heterocycles. The minimum absolute atomic E-state index is 0.309. The lowest BCUT2D eigenvalue weighted by Crippen LogP contribution is -2.30. The molecule has 4 heteroatoms. The molecule has 20 heavy (non-hydrogen) atoms. The van der Waals surface area contributed by atoms with Gasteiger partial charge in [0.15, 0.2) is 5.75 Å². The van der Waals surface area contributed by atoms with Crippen molar-refractivity contribution in [2.24, 2.45) is 0 Å². The van der Waals surface area contributed by atoms with Gasteiger partial charge in [0.25, 0.3) is 0 Å². The summed E-state index contributed by atoms with van der Waals surface area (Å²) < 4.78 is 7.62. The Hall–Kier alpha value is -1.81. The van der Waals surface area contributed by atoms with Gasteiger partial charge in [0, 0.05) is 25.6 Å². The first-order valence-corrected chi connectivity index (χ1v) is 7.23. The molecule has 0 saturated carbocycles. The third-order valence-electron chi connectivity index (χ3n) is 3.92. The van der Waals surface area contributed by atoms with Crippen LogP contribution >= 0.6 is 0 Å². The maximum Gasteiger partial charge on any atom is 0.160 e. The average Bonchev–Trinajstić information content (AvgIpc) is 2.90. The molecule has 1 aromatic carbocycles. The number of nitrogens with zero attached hydrogens (tertiary/aromatic N) is 2. The van der Waals surface area contributed by atoms with E-state index in [1.165, 1.54) is 16.8 Å². The van der Waals surface area contributed by atoms with Gasteiger partial charge in [-0.1, -0.05) is 31.2 Å². The van der Waals surface area contributed by atoms with Crippen molar-refractivity contribution in [3.8, 4) is 5.75 Å². The van der Waals surface area contributed by atoms with Crippen molar-refractivity contribution in [1.29, 1.82) is 0 Å². The fraction of sp³-hybridized carbons (Fsp3) is 0.438. The van der Waals surface area contributed by atoms with E-state index in [4.69, 9.17) is 4.74 Å². The van der Waals surface area contributed by atoms with Crippen molar-refractivity contribution < 1.29 is 4.74 Å². The van der Waals surface area contributed by atoms with Gasteiger partial charge in [0.1, 0.15) is 0 Å². The fourth-order valence-corrected chi connectivity index (χ4v) is 3.02. The Labute approximate surface area is 119 Å². The van der Waals surface area contributed by atoms with Crippen LogP contribution in [0.4, 0.5) is 0 Å². The Balaban J connectivity index is 2.07. The van der Waals surface area contributed by atoms with Crippen LogP contribution in [0, 0.1) is 0 Å². The van der Waals surface area contributed by atoms with E-state index in [1.54, 1.807) is 7.11 Å². The number of benzene rings is 1. The van der Waals surface area contributed by atoms with Crippen molar-refractivity contribution in [2.75, 3.05) is 13.7 Å². The molecule has 1 N–H and O–H groups in total. The van der Waals surface area contributed by atoms with E-state index in [0.29, 0.717) is 5.92 Å². The highest BCUT2D eigenvalue weighted by atomic mass is 16.5. The molecule has 1 atom stereocenters. The number of aromatic nitrogens is 2. The number of rotatable bonds is 4. The predicted octanol–water partition coefficient (Wildman–Crippen LogP) is 2.54. The molecule has 3 rings (SSSR count). The second-order valence-electron chi connectivity index (χ2n) is 5.20. The first-order valence-electron chi connectivity index (χ1n) is 7.23. The van der Waals surface area contributed by atoms with Crippen LogP contribution in [0.25, 0.3) is 0 Å². The maximum atomic E-state index is 5.53. The minimum Gasteiger partial charge on any atom is -0.493 e. The molecule has 1 aliphatic rings. The molecule has 0 radical (unpaired) electrons. The van der Waals surface area contributed by atoms with Crippen LogP contribution in [0.2, 0.25) is 0 Å². The lowest BCUT2D eigenvalue weighted by molar-refractivity contribution is 0.400. The van der Waals surface area contributed by atoms with Gasteiger partial charge < -0.3 is 10.1 Å². The van der Waals surface area contributed by atoms with E-state index in [2.05, 4.69) is 46.3 Å². The van der Waals surface area contributed by atoms with E-state index in [0.717, 1.165) is 31.8 Å². The Kier molecular flexibility index (Phi) is 3.74. The van der Waals surface area contributed by atoms with Gasteiger partial charge in [0.05, 0.1) is 19.0 Å². The van der Waals surface area contributed by atoms with Crippen molar-refractivity contribution in [3.63, 3.8) is 0 Å². The van der Waals surface area contributed by atoms with Crippen LogP contribution in [0.1, 0.15) is 36.1 Å². The summed E-state index contributed by atoms with van der Waals surface area (Å²) in [6.07, 6.45) is 2.90. The summed E-state index contributed by atoms with van der Waals surface area (Å²) >= 11 is 0. The Morgan fingerprint density at radius 1 is 1.40 bits per heavy atom. The zero-order chi connectivity index (χ0) is 13.9. The zero-order valence-electron chi connectivity index (χ0n) is 12.1. The van der Waals surface area contributed by atoms with Gasteiger partial charge >= 0.3 is 0 Å². The summed E-state index contributed by atoms with van der Waals surface area (Å²) in [5, 5.41) is 7.99. The molecule has 4 nitrogen and oxygen atoms in total. The zero-order valence-corrected chi connectivity index (χ0v) is 12.1. The molecule has 0 spiro atoms. The van der Waals surface area contributed by atoms with Crippen LogP contribution < -0.4 is 10.1 Å². The first kappa shape index (κ1) is 13.2. The Morgan fingerprint density at radius 2 is 2.25 bits per heavy atom. The molecular weight excluding hydrogens is 250 g/mol. The number of ether oxygens (including phenoxy) is 1. The quantitative estimate of drug-likeness (QED) is 0.929. The van der Waals surface area contributed by atoms with Gasteiger partial charge in [-0.3, -0.25) is 4.68 Å². The maximum absolute atomic E-state index is 5.53. The van der Waals surface area contributed by atoms with Crippen LogP contribution in [-0.2, 0) is 13.1 Å². The highest BCUT2D eigenvalue weighted by molar-refractivity contribution is 5.42. The van der Waals surface area contributed by atoms with Crippen molar-refractivity contribution in [1.82, 2.24) is 15.1 Å². The molecule has 2 aromatic rings. The largest absolute Gasteiger partial charge is 0.493 e. The Morgan fingerprint density at radius 3 is 3.05 bits per heavy atom. The number of hydrogen-bond acceptors (Lipinski definition) is 3.